The Balaban J connectivity index is 2.22. The standard InChI is InChI=1S/C22H29N3O5/c1-3-4-14-25-20(27)11-10-17(21(25)16-8-5-6-9-18(16)29-2)22(28)30-15-19(26)24-13-7-12-23/h5-6,8-9,17,21H,3-4,7,10-11,13-15H2,1-2H3,(H,24,26)/t17-,21-/m0/s1. The third kappa shape index (κ3) is 5.96. The molecule has 8 nitrogen and oxygen atoms in total. The summed E-state index contributed by atoms with van der Waals surface area (Å²) in [5.74, 6) is -0.969. The molecule has 2 atom stereocenters. The predicted molar refractivity (Wildman–Crippen MR) is 109 cm³/mol. The molecule has 2 amide bonds. The predicted octanol–water partition coefficient (Wildman–Crippen LogP) is 2.35. The number of unbranched alkanes of at least 4 members (excludes halogenated alkanes) is 1. The number of carbonyl (C=O) groups is 3. The quantitative estimate of drug-likeness (QED) is 0.464. The van der Waals surface area contributed by atoms with E-state index >= 15 is 0 Å². The molecule has 1 aliphatic heterocycles. The van der Waals surface area contributed by atoms with Crippen LogP contribution in [0, 0.1) is 17.2 Å². The molecule has 1 saturated heterocycles. The average Bonchev–Trinajstić information content (AvgIpc) is 2.76. The zero-order valence-electron chi connectivity index (χ0n) is 17.6. The van der Waals surface area contributed by atoms with Gasteiger partial charge in [0.1, 0.15) is 5.75 Å². The van der Waals surface area contributed by atoms with Gasteiger partial charge in [-0.2, -0.15) is 5.26 Å². The van der Waals surface area contributed by atoms with Gasteiger partial charge in [0, 0.05) is 25.1 Å². The summed E-state index contributed by atoms with van der Waals surface area (Å²) in [5.41, 5.74) is 0.754. The summed E-state index contributed by atoms with van der Waals surface area (Å²) in [5, 5.41) is 11.0. The number of nitrogens with zero attached hydrogens (tertiary/aromatic N) is 2. The number of hydrogen-bond donors (Lipinski definition) is 1. The number of nitrogens with one attached hydrogen (secondary N) is 1. The van der Waals surface area contributed by atoms with Gasteiger partial charge in [-0.25, -0.2) is 0 Å². The van der Waals surface area contributed by atoms with Crippen LogP contribution in [0.5, 0.6) is 5.75 Å². The van der Waals surface area contributed by atoms with Crippen molar-refractivity contribution in [2.75, 3.05) is 26.8 Å². The first kappa shape index (κ1) is 23.2. The Kier molecular flexibility index (Phi) is 9.13. The van der Waals surface area contributed by atoms with Crippen molar-refractivity contribution in [1.29, 1.82) is 5.26 Å². The van der Waals surface area contributed by atoms with E-state index in [1.807, 2.05) is 31.2 Å². The monoisotopic (exact) mass is 415 g/mol. The zero-order valence-corrected chi connectivity index (χ0v) is 17.6. The first-order chi connectivity index (χ1) is 14.5. The van der Waals surface area contributed by atoms with Gasteiger partial charge in [0.2, 0.25) is 5.91 Å². The van der Waals surface area contributed by atoms with Crippen LogP contribution in [0.1, 0.15) is 50.6 Å². The van der Waals surface area contributed by atoms with Gasteiger partial charge in [-0.1, -0.05) is 31.5 Å². The number of likely N-dealkylation sites (tertiary alicyclic amines) is 1. The Hall–Kier alpha value is -3.08. The Bertz CT molecular complexity index is 789. The molecule has 1 heterocycles. The molecule has 1 fully saturated rings. The van der Waals surface area contributed by atoms with Crippen molar-refractivity contribution in [3.8, 4) is 11.8 Å². The Morgan fingerprint density at radius 3 is 2.80 bits per heavy atom. The van der Waals surface area contributed by atoms with E-state index in [-0.39, 0.29) is 25.3 Å². The fraction of sp³-hybridized carbons (Fsp3) is 0.545. The number of amides is 2. The van der Waals surface area contributed by atoms with Crippen molar-refractivity contribution < 1.29 is 23.9 Å². The molecule has 0 aliphatic carbocycles. The van der Waals surface area contributed by atoms with Crippen LogP contribution in [-0.4, -0.2) is 49.5 Å². The van der Waals surface area contributed by atoms with Gasteiger partial charge in [-0.3, -0.25) is 14.4 Å². The largest absolute Gasteiger partial charge is 0.496 e. The number of methoxy groups -OCH3 is 1. The highest BCUT2D eigenvalue weighted by Gasteiger charge is 2.42. The minimum atomic E-state index is -0.595. The van der Waals surface area contributed by atoms with E-state index in [1.165, 1.54) is 0 Å². The first-order valence-corrected chi connectivity index (χ1v) is 10.3. The van der Waals surface area contributed by atoms with E-state index in [9.17, 15) is 14.4 Å². The number of benzene rings is 1. The smallest absolute Gasteiger partial charge is 0.311 e. The van der Waals surface area contributed by atoms with E-state index in [0.717, 1.165) is 18.4 Å². The second-order valence-corrected chi connectivity index (χ2v) is 7.14. The summed E-state index contributed by atoms with van der Waals surface area (Å²) in [6, 6.07) is 8.76. The highest BCUT2D eigenvalue weighted by Crippen LogP contribution is 2.41. The highest BCUT2D eigenvalue weighted by atomic mass is 16.5. The molecular weight excluding hydrogens is 386 g/mol. The van der Waals surface area contributed by atoms with Gasteiger partial charge < -0.3 is 19.7 Å². The lowest BCUT2D eigenvalue weighted by molar-refractivity contribution is -0.160. The second kappa shape index (κ2) is 11.8. The number of esters is 1. The molecular formula is C22H29N3O5. The zero-order chi connectivity index (χ0) is 21.9. The Labute approximate surface area is 177 Å². The van der Waals surface area contributed by atoms with E-state index in [0.29, 0.717) is 18.7 Å². The van der Waals surface area contributed by atoms with Gasteiger partial charge in [-0.05, 0) is 18.9 Å². The molecule has 1 N–H and O–H groups in total. The first-order valence-electron chi connectivity index (χ1n) is 10.3. The highest BCUT2D eigenvalue weighted by molar-refractivity contribution is 5.84. The number of rotatable bonds is 10. The summed E-state index contributed by atoms with van der Waals surface area (Å²) in [6.07, 6.45) is 2.52. The van der Waals surface area contributed by atoms with Gasteiger partial charge in [-0.15, -0.1) is 0 Å². The Morgan fingerprint density at radius 2 is 2.10 bits per heavy atom. The fourth-order valence-electron chi connectivity index (χ4n) is 3.64. The summed E-state index contributed by atoms with van der Waals surface area (Å²) >= 11 is 0. The van der Waals surface area contributed by atoms with Crippen LogP contribution in [0.25, 0.3) is 0 Å². The molecule has 0 saturated carbocycles. The van der Waals surface area contributed by atoms with Crippen molar-refractivity contribution in [3.05, 3.63) is 29.8 Å². The molecule has 2 rings (SSSR count). The molecule has 0 radical (unpaired) electrons. The number of carbonyl (C=O) groups excluding carboxylic acids is 3. The van der Waals surface area contributed by atoms with Crippen LogP contribution in [0.2, 0.25) is 0 Å². The fourth-order valence-corrected chi connectivity index (χ4v) is 3.64. The topological polar surface area (TPSA) is 109 Å². The molecule has 30 heavy (non-hydrogen) atoms. The van der Waals surface area contributed by atoms with Crippen LogP contribution in [0.4, 0.5) is 0 Å². The molecule has 0 aromatic heterocycles. The molecule has 8 heteroatoms. The normalized spacial score (nSPS) is 18.4. The van der Waals surface area contributed by atoms with Crippen molar-refractivity contribution in [3.63, 3.8) is 0 Å². The lowest BCUT2D eigenvalue weighted by Gasteiger charge is -2.40. The van der Waals surface area contributed by atoms with Crippen molar-refractivity contribution in [2.45, 2.75) is 45.1 Å². The molecule has 0 unspecified atom stereocenters. The average molecular weight is 415 g/mol. The van der Waals surface area contributed by atoms with E-state index in [2.05, 4.69) is 5.32 Å². The molecule has 162 valence electrons. The van der Waals surface area contributed by atoms with Gasteiger partial charge in [0.05, 0.1) is 31.6 Å². The molecule has 1 aromatic rings. The molecule has 0 bridgehead atoms. The Morgan fingerprint density at radius 1 is 1.33 bits per heavy atom. The van der Waals surface area contributed by atoms with E-state index in [1.54, 1.807) is 18.1 Å². The lowest BCUT2D eigenvalue weighted by atomic mass is 9.83. The van der Waals surface area contributed by atoms with Crippen LogP contribution in [-0.2, 0) is 19.1 Å². The number of nitriles is 1. The minimum absolute atomic E-state index is 0.00217. The maximum atomic E-state index is 12.9. The van der Waals surface area contributed by atoms with Crippen LogP contribution in [0.3, 0.4) is 0 Å². The van der Waals surface area contributed by atoms with Crippen LogP contribution < -0.4 is 10.1 Å². The summed E-state index contributed by atoms with van der Waals surface area (Å²) in [4.78, 5) is 39.2. The summed E-state index contributed by atoms with van der Waals surface area (Å²) in [7, 11) is 1.55. The molecule has 0 spiro atoms. The lowest BCUT2D eigenvalue weighted by Crippen LogP contribution is -2.46. The minimum Gasteiger partial charge on any atom is -0.496 e. The molecule has 1 aromatic carbocycles. The third-order valence-corrected chi connectivity index (χ3v) is 5.12. The van der Waals surface area contributed by atoms with E-state index < -0.39 is 30.4 Å². The SMILES string of the molecule is CCCCN1C(=O)CC[C@H](C(=O)OCC(=O)NCCC#N)[C@@H]1c1ccccc1OC. The van der Waals surface area contributed by atoms with Crippen molar-refractivity contribution in [2.24, 2.45) is 5.92 Å². The maximum absolute atomic E-state index is 12.9. The van der Waals surface area contributed by atoms with Gasteiger partial charge in [0.15, 0.2) is 6.61 Å². The van der Waals surface area contributed by atoms with Gasteiger partial charge in [0.25, 0.3) is 5.91 Å². The van der Waals surface area contributed by atoms with Crippen LogP contribution in [0.15, 0.2) is 24.3 Å². The number of hydrogen-bond acceptors (Lipinski definition) is 6. The number of ether oxygens (including phenoxy) is 2. The van der Waals surface area contributed by atoms with Crippen molar-refractivity contribution in [1.82, 2.24) is 10.2 Å². The van der Waals surface area contributed by atoms with Crippen molar-refractivity contribution >= 4 is 17.8 Å². The number of para-hydroxylation sites is 1. The van der Waals surface area contributed by atoms with Crippen LogP contribution >= 0.6 is 0 Å². The van der Waals surface area contributed by atoms with E-state index in [4.69, 9.17) is 14.7 Å². The van der Waals surface area contributed by atoms with Gasteiger partial charge >= 0.3 is 5.97 Å². The number of piperidine rings is 1. The maximum Gasteiger partial charge on any atom is 0.311 e. The third-order valence-electron chi connectivity index (χ3n) is 5.12. The summed E-state index contributed by atoms with van der Waals surface area (Å²) < 4.78 is 10.8. The second-order valence-electron chi connectivity index (χ2n) is 7.14. The summed E-state index contributed by atoms with van der Waals surface area (Å²) in [6.45, 7) is 2.38. The molecule has 1 aliphatic rings.